The number of halogens is 3. The summed E-state index contributed by atoms with van der Waals surface area (Å²) in [5.41, 5.74) is 0.873. The zero-order valence-electron chi connectivity index (χ0n) is 9.86. The summed E-state index contributed by atoms with van der Waals surface area (Å²) in [6.45, 7) is 6.41. The van der Waals surface area contributed by atoms with Crippen LogP contribution >= 0.6 is 15.9 Å². The van der Waals surface area contributed by atoms with Crippen molar-refractivity contribution in [3.05, 3.63) is 35.4 Å². The number of benzene rings is 1. The molecule has 0 heterocycles. The van der Waals surface area contributed by atoms with Crippen LogP contribution in [0.3, 0.4) is 0 Å². The van der Waals surface area contributed by atoms with Crippen molar-refractivity contribution in [2.24, 2.45) is 5.41 Å². The Hall–Kier alpha value is -0.440. The quantitative estimate of drug-likeness (QED) is 0.708. The molecule has 1 aromatic carbocycles. The van der Waals surface area contributed by atoms with Crippen molar-refractivity contribution < 1.29 is 8.78 Å². The lowest BCUT2D eigenvalue weighted by Crippen LogP contribution is -2.20. The van der Waals surface area contributed by atoms with E-state index in [2.05, 4.69) is 36.7 Å². The van der Waals surface area contributed by atoms with Crippen LogP contribution in [0.5, 0.6) is 0 Å². The van der Waals surface area contributed by atoms with Crippen molar-refractivity contribution >= 4 is 15.9 Å². The molecule has 0 fully saturated rings. The van der Waals surface area contributed by atoms with Crippen molar-refractivity contribution in [1.82, 2.24) is 0 Å². The van der Waals surface area contributed by atoms with Crippen LogP contribution in [0, 0.1) is 17.0 Å². The Kier molecular flexibility index (Phi) is 4.48. The van der Waals surface area contributed by atoms with Gasteiger partial charge < -0.3 is 0 Å². The van der Waals surface area contributed by atoms with Gasteiger partial charge in [-0.25, -0.2) is 8.78 Å². The third-order valence-corrected chi connectivity index (χ3v) is 4.38. The Morgan fingerprint density at radius 1 is 1.12 bits per heavy atom. The number of hydrogen-bond acceptors (Lipinski definition) is 0. The predicted octanol–water partition coefficient (Wildman–Crippen LogP) is 4.71. The van der Waals surface area contributed by atoms with Gasteiger partial charge in [0.1, 0.15) is 11.6 Å². The van der Waals surface area contributed by atoms with Crippen molar-refractivity contribution in [3.8, 4) is 0 Å². The molecule has 0 bridgehead atoms. The molecule has 0 aliphatic rings. The molecule has 3 heteroatoms. The molecular formula is C13H17BrF2. The predicted molar refractivity (Wildman–Crippen MR) is 66.8 cm³/mol. The molecule has 90 valence electrons. The molecule has 0 saturated heterocycles. The fourth-order valence-electron chi connectivity index (χ4n) is 1.48. The number of alkyl halides is 1. The third-order valence-electron chi connectivity index (χ3n) is 2.55. The van der Waals surface area contributed by atoms with Gasteiger partial charge in [0.05, 0.1) is 0 Å². The number of aryl methyl sites for hydroxylation is 1. The van der Waals surface area contributed by atoms with Crippen LogP contribution in [0.4, 0.5) is 8.78 Å². The molecule has 1 atom stereocenters. The first-order valence-corrected chi connectivity index (χ1v) is 6.29. The zero-order valence-corrected chi connectivity index (χ0v) is 11.4. The van der Waals surface area contributed by atoms with Crippen LogP contribution in [0.2, 0.25) is 0 Å². The molecule has 0 N–H and O–H groups in total. The highest BCUT2D eigenvalue weighted by molar-refractivity contribution is 9.09. The zero-order chi connectivity index (χ0) is 12.3. The van der Waals surface area contributed by atoms with Crippen LogP contribution in [-0.2, 0) is 6.42 Å². The summed E-state index contributed by atoms with van der Waals surface area (Å²) in [6, 6.07) is 3.69. The number of hydrogen-bond donors (Lipinski definition) is 0. The lowest BCUT2D eigenvalue weighted by Gasteiger charge is -2.25. The second kappa shape index (κ2) is 5.26. The van der Waals surface area contributed by atoms with Crippen LogP contribution in [0.25, 0.3) is 0 Å². The van der Waals surface area contributed by atoms with Gasteiger partial charge in [-0.15, -0.1) is 0 Å². The standard InChI is InChI=1S/C13H17BrF2/c1-13(2,3)12(14)5-4-9-6-10(15)8-11(16)7-9/h6-8,12H,4-5H2,1-3H3. The van der Waals surface area contributed by atoms with E-state index in [1.54, 1.807) is 0 Å². The van der Waals surface area contributed by atoms with Crippen LogP contribution in [-0.4, -0.2) is 4.83 Å². The fourth-order valence-corrected chi connectivity index (χ4v) is 1.71. The summed E-state index contributed by atoms with van der Waals surface area (Å²) in [4.78, 5) is 0.339. The molecule has 1 aromatic rings. The minimum atomic E-state index is -0.503. The first-order valence-electron chi connectivity index (χ1n) is 5.38. The van der Waals surface area contributed by atoms with E-state index in [1.165, 1.54) is 12.1 Å². The molecule has 1 unspecified atom stereocenters. The van der Waals surface area contributed by atoms with Crippen LogP contribution in [0.15, 0.2) is 18.2 Å². The SMILES string of the molecule is CC(C)(C)C(Br)CCc1cc(F)cc(F)c1. The van der Waals surface area contributed by atoms with Gasteiger partial charge in [0.15, 0.2) is 0 Å². The molecule has 0 nitrogen and oxygen atoms in total. The van der Waals surface area contributed by atoms with E-state index < -0.39 is 11.6 Å². The van der Waals surface area contributed by atoms with Crippen molar-refractivity contribution in [2.45, 2.75) is 38.4 Å². The highest BCUT2D eigenvalue weighted by atomic mass is 79.9. The summed E-state index contributed by atoms with van der Waals surface area (Å²) in [7, 11) is 0. The summed E-state index contributed by atoms with van der Waals surface area (Å²) in [5, 5.41) is 0. The van der Waals surface area contributed by atoms with Gasteiger partial charge in [0.2, 0.25) is 0 Å². The summed E-state index contributed by atoms with van der Waals surface area (Å²) in [6.07, 6.45) is 1.55. The van der Waals surface area contributed by atoms with Gasteiger partial charge in [-0.2, -0.15) is 0 Å². The Labute approximate surface area is 104 Å². The summed E-state index contributed by atoms with van der Waals surface area (Å²) < 4.78 is 25.9. The Balaban J connectivity index is 2.61. The van der Waals surface area contributed by atoms with E-state index in [0.29, 0.717) is 16.8 Å². The molecule has 0 saturated carbocycles. The smallest absolute Gasteiger partial charge is 0.126 e. The van der Waals surface area contributed by atoms with Crippen LogP contribution < -0.4 is 0 Å². The first kappa shape index (κ1) is 13.6. The minimum absolute atomic E-state index is 0.159. The van der Waals surface area contributed by atoms with E-state index >= 15 is 0 Å². The Morgan fingerprint density at radius 2 is 1.62 bits per heavy atom. The molecule has 0 spiro atoms. The van der Waals surface area contributed by atoms with Gasteiger partial charge >= 0.3 is 0 Å². The van der Waals surface area contributed by atoms with Crippen molar-refractivity contribution in [2.75, 3.05) is 0 Å². The second-order valence-electron chi connectivity index (χ2n) is 5.15. The largest absolute Gasteiger partial charge is 0.207 e. The fraction of sp³-hybridized carbons (Fsp3) is 0.538. The molecular weight excluding hydrogens is 274 g/mol. The maximum absolute atomic E-state index is 12.9. The molecule has 0 aliphatic heterocycles. The Bertz CT molecular complexity index is 335. The summed E-state index contributed by atoms with van der Waals surface area (Å²) >= 11 is 3.61. The van der Waals surface area contributed by atoms with Gasteiger partial charge in [-0.3, -0.25) is 0 Å². The minimum Gasteiger partial charge on any atom is -0.207 e. The van der Waals surface area contributed by atoms with E-state index in [-0.39, 0.29) is 5.41 Å². The van der Waals surface area contributed by atoms with Gasteiger partial charge in [0.25, 0.3) is 0 Å². The highest BCUT2D eigenvalue weighted by Crippen LogP contribution is 2.29. The maximum Gasteiger partial charge on any atom is 0.126 e. The normalized spacial score (nSPS) is 13.9. The molecule has 0 aliphatic carbocycles. The molecule has 0 amide bonds. The average Bonchev–Trinajstić information content (AvgIpc) is 2.11. The van der Waals surface area contributed by atoms with Crippen LogP contribution in [0.1, 0.15) is 32.8 Å². The molecule has 0 radical (unpaired) electrons. The molecule has 0 aromatic heterocycles. The van der Waals surface area contributed by atoms with Crippen molar-refractivity contribution in [3.63, 3.8) is 0 Å². The maximum atomic E-state index is 12.9. The lowest BCUT2D eigenvalue weighted by atomic mass is 9.89. The molecule has 16 heavy (non-hydrogen) atoms. The van der Waals surface area contributed by atoms with E-state index in [0.717, 1.165) is 12.5 Å². The average molecular weight is 291 g/mol. The van der Waals surface area contributed by atoms with E-state index in [4.69, 9.17) is 0 Å². The highest BCUT2D eigenvalue weighted by Gasteiger charge is 2.21. The number of rotatable bonds is 3. The summed E-state index contributed by atoms with van der Waals surface area (Å²) in [5.74, 6) is -1.01. The first-order chi connectivity index (χ1) is 7.29. The van der Waals surface area contributed by atoms with E-state index in [1.807, 2.05) is 0 Å². The Morgan fingerprint density at radius 3 is 2.06 bits per heavy atom. The lowest BCUT2D eigenvalue weighted by molar-refractivity contribution is 0.385. The third kappa shape index (κ3) is 4.20. The topological polar surface area (TPSA) is 0 Å². The van der Waals surface area contributed by atoms with E-state index in [9.17, 15) is 8.78 Å². The van der Waals surface area contributed by atoms with Gasteiger partial charge in [0, 0.05) is 10.9 Å². The monoisotopic (exact) mass is 290 g/mol. The van der Waals surface area contributed by atoms with Gasteiger partial charge in [-0.1, -0.05) is 36.7 Å². The second-order valence-corrected chi connectivity index (χ2v) is 6.26. The molecule has 1 rings (SSSR count). The van der Waals surface area contributed by atoms with Crippen molar-refractivity contribution in [1.29, 1.82) is 0 Å². The van der Waals surface area contributed by atoms with Gasteiger partial charge in [-0.05, 0) is 36.0 Å².